The predicted molar refractivity (Wildman–Crippen MR) is 104 cm³/mol. The normalized spacial score (nSPS) is 13.4. The zero-order valence-corrected chi connectivity index (χ0v) is 16.5. The number of esters is 1. The van der Waals surface area contributed by atoms with Gasteiger partial charge in [-0.05, 0) is 43.5 Å². The molecule has 0 spiro atoms. The summed E-state index contributed by atoms with van der Waals surface area (Å²) in [5, 5.41) is 11.8. The molecule has 1 aliphatic rings. The van der Waals surface area contributed by atoms with Gasteiger partial charge in [0.25, 0.3) is 5.89 Å². The van der Waals surface area contributed by atoms with E-state index in [1.807, 2.05) is 6.07 Å². The Morgan fingerprint density at radius 1 is 1.32 bits per heavy atom. The number of carbonyl (C=O) groups excluding carboxylic acids is 2. The first-order valence-electron chi connectivity index (χ1n) is 8.67. The van der Waals surface area contributed by atoms with Gasteiger partial charge in [-0.2, -0.15) is 0 Å². The summed E-state index contributed by atoms with van der Waals surface area (Å²) in [6, 6.07) is 8.86. The van der Waals surface area contributed by atoms with Crippen molar-refractivity contribution < 1.29 is 18.7 Å². The van der Waals surface area contributed by atoms with Crippen molar-refractivity contribution in [3.05, 3.63) is 51.7 Å². The quantitative estimate of drug-likeness (QED) is 0.595. The number of halogens is 1. The standard InChI is InChI=1S/C19H16ClN3O4S/c1-10-8-15(21-17(24)11-6-7-11)28-16(10)19(25)26-9-14-22-23-18(27-14)12-4-2-3-5-13(12)20/h2-5,8,11H,6-7,9H2,1H3,(H,21,24). The molecule has 0 aliphatic heterocycles. The summed E-state index contributed by atoms with van der Waals surface area (Å²) >= 11 is 7.30. The number of ether oxygens (including phenoxy) is 1. The minimum absolute atomic E-state index is 0.000806. The number of nitrogens with one attached hydrogen (secondary N) is 1. The van der Waals surface area contributed by atoms with Crippen LogP contribution in [0, 0.1) is 12.8 Å². The summed E-state index contributed by atoms with van der Waals surface area (Å²) in [7, 11) is 0. The minimum Gasteiger partial charge on any atom is -0.451 e. The van der Waals surface area contributed by atoms with E-state index in [2.05, 4.69) is 15.5 Å². The first kappa shape index (κ1) is 18.6. The highest BCUT2D eigenvalue weighted by Gasteiger charge is 2.30. The van der Waals surface area contributed by atoms with E-state index in [9.17, 15) is 9.59 Å². The number of anilines is 1. The van der Waals surface area contributed by atoms with E-state index >= 15 is 0 Å². The molecule has 0 saturated heterocycles. The zero-order valence-electron chi connectivity index (χ0n) is 14.9. The first-order valence-corrected chi connectivity index (χ1v) is 9.86. The van der Waals surface area contributed by atoms with Crippen LogP contribution in [0.1, 0.15) is 34.0 Å². The first-order chi connectivity index (χ1) is 13.5. The molecule has 1 fully saturated rings. The lowest BCUT2D eigenvalue weighted by Crippen LogP contribution is -2.12. The molecule has 9 heteroatoms. The molecule has 1 aliphatic carbocycles. The third-order valence-electron chi connectivity index (χ3n) is 4.20. The number of aryl methyl sites for hydroxylation is 1. The molecule has 0 bridgehead atoms. The molecule has 1 N–H and O–H groups in total. The highest BCUT2D eigenvalue weighted by molar-refractivity contribution is 7.18. The molecule has 1 saturated carbocycles. The lowest BCUT2D eigenvalue weighted by atomic mass is 10.2. The Balaban J connectivity index is 1.39. The second-order valence-corrected chi connectivity index (χ2v) is 7.90. The van der Waals surface area contributed by atoms with Gasteiger partial charge in [0.15, 0.2) is 6.61 Å². The van der Waals surface area contributed by atoms with Gasteiger partial charge in [0, 0.05) is 5.92 Å². The topological polar surface area (TPSA) is 94.3 Å². The van der Waals surface area contributed by atoms with Gasteiger partial charge in [-0.25, -0.2) is 4.79 Å². The van der Waals surface area contributed by atoms with Crippen molar-refractivity contribution in [3.8, 4) is 11.5 Å². The largest absolute Gasteiger partial charge is 0.451 e. The van der Waals surface area contributed by atoms with Crippen LogP contribution >= 0.6 is 22.9 Å². The van der Waals surface area contributed by atoms with Crippen molar-refractivity contribution in [2.75, 3.05) is 5.32 Å². The summed E-state index contributed by atoms with van der Waals surface area (Å²) in [5.41, 5.74) is 1.35. The molecule has 0 radical (unpaired) electrons. The van der Waals surface area contributed by atoms with E-state index in [1.165, 1.54) is 11.3 Å². The van der Waals surface area contributed by atoms with Crippen LogP contribution in [0.4, 0.5) is 5.00 Å². The molecule has 4 rings (SSSR count). The van der Waals surface area contributed by atoms with Crippen LogP contribution in [0.15, 0.2) is 34.7 Å². The number of rotatable bonds is 6. The number of thiophene rings is 1. The van der Waals surface area contributed by atoms with Gasteiger partial charge < -0.3 is 14.5 Å². The maximum atomic E-state index is 12.4. The molecule has 1 aromatic carbocycles. The summed E-state index contributed by atoms with van der Waals surface area (Å²) in [5.74, 6) is 0.0162. The van der Waals surface area contributed by atoms with Crippen LogP contribution in [-0.4, -0.2) is 22.1 Å². The van der Waals surface area contributed by atoms with Crippen LogP contribution in [0.25, 0.3) is 11.5 Å². The smallest absolute Gasteiger partial charge is 0.349 e. The molecule has 2 aromatic heterocycles. The molecule has 0 unspecified atom stereocenters. The maximum absolute atomic E-state index is 12.4. The summed E-state index contributed by atoms with van der Waals surface area (Å²) in [4.78, 5) is 24.7. The van der Waals surface area contributed by atoms with Gasteiger partial charge in [-0.1, -0.05) is 23.7 Å². The molecule has 144 valence electrons. The molecule has 0 atom stereocenters. The van der Waals surface area contributed by atoms with Crippen LogP contribution in [0.2, 0.25) is 5.02 Å². The van der Waals surface area contributed by atoms with E-state index in [1.54, 1.807) is 31.2 Å². The Labute approximate surface area is 169 Å². The second-order valence-electron chi connectivity index (χ2n) is 6.44. The molecule has 1 amide bonds. The fourth-order valence-electron chi connectivity index (χ4n) is 2.56. The fourth-order valence-corrected chi connectivity index (χ4v) is 3.75. The van der Waals surface area contributed by atoms with Crippen LogP contribution in [0.5, 0.6) is 0 Å². The van der Waals surface area contributed by atoms with Crippen molar-refractivity contribution >= 4 is 39.8 Å². The van der Waals surface area contributed by atoms with E-state index in [4.69, 9.17) is 20.8 Å². The highest BCUT2D eigenvalue weighted by atomic mass is 35.5. The number of hydrogen-bond donors (Lipinski definition) is 1. The van der Waals surface area contributed by atoms with Gasteiger partial charge in [-0.15, -0.1) is 21.5 Å². The predicted octanol–water partition coefficient (Wildman–Crippen LogP) is 4.47. The van der Waals surface area contributed by atoms with Gasteiger partial charge in [0.05, 0.1) is 15.6 Å². The van der Waals surface area contributed by atoms with Crippen molar-refractivity contribution in [3.63, 3.8) is 0 Å². The number of benzene rings is 1. The second kappa shape index (κ2) is 7.73. The molecule has 7 nitrogen and oxygen atoms in total. The lowest BCUT2D eigenvalue weighted by Gasteiger charge is -2.01. The van der Waals surface area contributed by atoms with Gasteiger partial charge in [-0.3, -0.25) is 4.79 Å². The van der Waals surface area contributed by atoms with Crippen LogP contribution < -0.4 is 5.32 Å². The van der Waals surface area contributed by atoms with Crippen LogP contribution in [0.3, 0.4) is 0 Å². The average molecular weight is 418 g/mol. The number of nitrogens with zero attached hydrogens (tertiary/aromatic N) is 2. The van der Waals surface area contributed by atoms with E-state index < -0.39 is 5.97 Å². The van der Waals surface area contributed by atoms with Gasteiger partial charge in [0.2, 0.25) is 11.8 Å². The average Bonchev–Trinajstić information content (AvgIpc) is 3.32. The van der Waals surface area contributed by atoms with Crippen molar-refractivity contribution in [1.82, 2.24) is 10.2 Å². The molecule has 3 aromatic rings. The lowest BCUT2D eigenvalue weighted by molar-refractivity contribution is -0.117. The van der Waals surface area contributed by atoms with E-state index in [-0.39, 0.29) is 30.2 Å². The number of carbonyl (C=O) groups is 2. The van der Waals surface area contributed by atoms with Crippen molar-refractivity contribution in [2.24, 2.45) is 5.92 Å². The Morgan fingerprint density at radius 2 is 2.11 bits per heavy atom. The zero-order chi connectivity index (χ0) is 19.7. The molecular formula is C19H16ClN3O4S. The maximum Gasteiger partial charge on any atom is 0.349 e. The highest BCUT2D eigenvalue weighted by Crippen LogP contribution is 2.33. The Kier molecular flexibility index (Phi) is 5.15. The van der Waals surface area contributed by atoms with Crippen molar-refractivity contribution in [1.29, 1.82) is 0 Å². The Morgan fingerprint density at radius 3 is 2.86 bits per heavy atom. The number of hydrogen-bond acceptors (Lipinski definition) is 7. The summed E-state index contributed by atoms with van der Waals surface area (Å²) < 4.78 is 10.8. The Hall–Kier alpha value is -2.71. The number of amides is 1. The molecular weight excluding hydrogens is 402 g/mol. The third kappa shape index (κ3) is 4.07. The van der Waals surface area contributed by atoms with Crippen LogP contribution in [-0.2, 0) is 16.1 Å². The summed E-state index contributed by atoms with van der Waals surface area (Å²) in [6.45, 7) is 1.64. The SMILES string of the molecule is Cc1cc(NC(=O)C2CC2)sc1C(=O)OCc1nnc(-c2ccccc2Cl)o1. The van der Waals surface area contributed by atoms with E-state index in [0.717, 1.165) is 18.4 Å². The molecule has 28 heavy (non-hydrogen) atoms. The summed E-state index contributed by atoms with van der Waals surface area (Å²) in [6.07, 6.45) is 1.84. The number of aromatic nitrogens is 2. The van der Waals surface area contributed by atoms with Gasteiger partial charge >= 0.3 is 5.97 Å². The monoisotopic (exact) mass is 417 g/mol. The minimum atomic E-state index is -0.507. The van der Waals surface area contributed by atoms with E-state index in [0.29, 0.717) is 20.5 Å². The third-order valence-corrected chi connectivity index (χ3v) is 5.66. The molecule has 2 heterocycles. The Bertz CT molecular complexity index is 1040. The fraction of sp³-hybridized carbons (Fsp3) is 0.263. The van der Waals surface area contributed by atoms with Gasteiger partial charge in [0.1, 0.15) is 4.88 Å². The van der Waals surface area contributed by atoms with Crippen molar-refractivity contribution in [2.45, 2.75) is 26.4 Å².